The predicted molar refractivity (Wildman–Crippen MR) is 103 cm³/mol. The Labute approximate surface area is 155 Å². The summed E-state index contributed by atoms with van der Waals surface area (Å²) in [6.45, 7) is 0.722. The van der Waals surface area contributed by atoms with E-state index in [2.05, 4.69) is 29.6 Å². The van der Waals surface area contributed by atoms with Crippen molar-refractivity contribution in [3.05, 3.63) is 59.2 Å². The smallest absolute Gasteiger partial charge is 0.257 e. The highest BCUT2D eigenvalue weighted by Crippen LogP contribution is 2.25. The molecular weight excluding hydrogens is 326 g/mol. The first-order chi connectivity index (χ1) is 12.7. The van der Waals surface area contributed by atoms with Gasteiger partial charge in [-0.2, -0.15) is 0 Å². The summed E-state index contributed by atoms with van der Waals surface area (Å²) in [5.74, 6) is 1.58. The summed E-state index contributed by atoms with van der Waals surface area (Å²) in [7, 11) is 1.66. The van der Waals surface area contributed by atoms with E-state index in [1.807, 2.05) is 18.2 Å². The van der Waals surface area contributed by atoms with E-state index in [1.54, 1.807) is 7.11 Å². The molecule has 4 heteroatoms. The number of hydrogen-bond donors (Lipinski definition) is 1. The van der Waals surface area contributed by atoms with Crippen molar-refractivity contribution >= 4 is 5.91 Å². The van der Waals surface area contributed by atoms with E-state index in [1.165, 1.54) is 29.5 Å². The van der Waals surface area contributed by atoms with Crippen LogP contribution >= 0.6 is 0 Å². The largest absolute Gasteiger partial charge is 0.497 e. The number of rotatable bonds is 8. The SMILES string of the molecule is COc1ccc(CCCNC(=O)COc2ccc3c(c2)CCCC3)cc1. The molecule has 1 aliphatic carbocycles. The Balaban J connectivity index is 1.35. The van der Waals surface area contributed by atoms with E-state index in [-0.39, 0.29) is 12.5 Å². The highest BCUT2D eigenvalue weighted by molar-refractivity contribution is 5.77. The van der Waals surface area contributed by atoms with Crippen molar-refractivity contribution in [2.24, 2.45) is 0 Å². The fraction of sp³-hybridized carbons (Fsp3) is 0.409. The third kappa shape index (κ3) is 5.25. The normalized spacial score (nSPS) is 13.0. The van der Waals surface area contributed by atoms with Gasteiger partial charge in [0.25, 0.3) is 5.91 Å². The Morgan fingerprint density at radius 1 is 1.00 bits per heavy atom. The molecule has 0 aliphatic heterocycles. The molecule has 138 valence electrons. The maximum atomic E-state index is 11.9. The van der Waals surface area contributed by atoms with Crippen LogP contribution in [0.15, 0.2) is 42.5 Å². The molecule has 4 nitrogen and oxygen atoms in total. The number of aryl methyl sites for hydroxylation is 3. The van der Waals surface area contributed by atoms with Crippen molar-refractivity contribution in [3.63, 3.8) is 0 Å². The molecule has 1 N–H and O–H groups in total. The summed E-state index contributed by atoms with van der Waals surface area (Å²) in [6.07, 6.45) is 6.61. The highest BCUT2D eigenvalue weighted by atomic mass is 16.5. The second-order valence-electron chi connectivity index (χ2n) is 6.73. The molecular formula is C22H27NO3. The molecule has 0 unspecified atom stereocenters. The Kier molecular flexibility index (Phi) is 6.53. The fourth-order valence-electron chi connectivity index (χ4n) is 3.31. The van der Waals surface area contributed by atoms with Gasteiger partial charge in [-0.15, -0.1) is 0 Å². The molecule has 0 saturated carbocycles. The maximum Gasteiger partial charge on any atom is 0.257 e. The van der Waals surface area contributed by atoms with E-state index >= 15 is 0 Å². The number of hydrogen-bond acceptors (Lipinski definition) is 3. The Bertz CT molecular complexity index is 725. The average Bonchev–Trinajstić information content (AvgIpc) is 2.70. The number of benzene rings is 2. The summed E-state index contributed by atoms with van der Waals surface area (Å²) >= 11 is 0. The molecule has 1 aliphatic rings. The lowest BCUT2D eigenvalue weighted by atomic mass is 9.92. The van der Waals surface area contributed by atoms with Gasteiger partial charge < -0.3 is 14.8 Å². The van der Waals surface area contributed by atoms with Crippen molar-refractivity contribution in [1.82, 2.24) is 5.32 Å². The zero-order chi connectivity index (χ0) is 18.2. The van der Waals surface area contributed by atoms with Crippen LogP contribution in [0.3, 0.4) is 0 Å². The van der Waals surface area contributed by atoms with Gasteiger partial charge in [0.15, 0.2) is 6.61 Å². The van der Waals surface area contributed by atoms with Gasteiger partial charge in [-0.05, 0) is 79.5 Å². The molecule has 0 radical (unpaired) electrons. The maximum absolute atomic E-state index is 11.9. The van der Waals surface area contributed by atoms with Crippen LogP contribution in [0.25, 0.3) is 0 Å². The second-order valence-corrected chi connectivity index (χ2v) is 6.73. The van der Waals surface area contributed by atoms with E-state index in [9.17, 15) is 4.79 Å². The number of nitrogens with one attached hydrogen (secondary N) is 1. The lowest BCUT2D eigenvalue weighted by Crippen LogP contribution is -2.29. The van der Waals surface area contributed by atoms with Gasteiger partial charge in [0, 0.05) is 6.54 Å². The van der Waals surface area contributed by atoms with Crippen LogP contribution in [0.2, 0.25) is 0 Å². The lowest BCUT2D eigenvalue weighted by Gasteiger charge is -2.16. The van der Waals surface area contributed by atoms with E-state index < -0.39 is 0 Å². The van der Waals surface area contributed by atoms with Gasteiger partial charge in [0.05, 0.1) is 7.11 Å². The van der Waals surface area contributed by atoms with E-state index in [0.29, 0.717) is 6.54 Å². The minimum atomic E-state index is -0.0718. The Morgan fingerprint density at radius 3 is 2.50 bits per heavy atom. The van der Waals surface area contributed by atoms with Gasteiger partial charge in [-0.25, -0.2) is 0 Å². The molecule has 1 amide bonds. The molecule has 2 aromatic carbocycles. The summed E-state index contributed by atoms with van der Waals surface area (Å²) in [6, 6.07) is 14.2. The van der Waals surface area contributed by atoms with Crippen LogP contribution in [0.5, 0.6) is 11.5 Å². The number of carbonyl (C=O) groups excluding carboxylic acids is 1. The molecule has 26 heavy (non-hydrogen) atoms. The van der Waals surface area contributed by atoms with Crippen LogP contribution in [0.1, 0.15) is 36.0 Å². The van der Waals surface area contributed by atoms with Crippen LogP contribution < -0.4 is 14.8 Å². The van der Waals surface area contributed by atoms with Crippen LogP contribution in [-0.4, -0.2) is 26.2 Å². The van der Waals surface area contributed by atoms with Gasteiger partial charge in [0.1, 0.15) is 11.5 Å². The summed E-state index contributed by atoms with van der Waals surface area (Å²) < 4.78 is 10.8. The molecule has 0 heterocycles. The zero-order valence-electron chi connectivity index (χ0n) is 15.4. The average molecular weight is 353 g/mol. The van der Waals surface area contributed by atoms with Gasteiger partial charge in [-0.3, -0.25) is 4.79 Å². The van der Waals surface area contributed by atoms with Crippen molar-refractivity contribution in [1.29, 1.82) is 0 Å². The second kappa shape index (κ2) is 9.27. The van der Waals surface area contributed by atoms with Crippen molar-refractivity contribution in [2.75, 3.05) is 20.3 Å². The topological polar surface area (TPSA) is 47.6 Å². The van der Waals surface area contributed by atoms with Gasteiger partial charge in [-0.1, -0.05) is 18.2 Å². The Morgan fingerprint density at radius 2 is 1.73 bits per heavy atom. The number of fused-ring (bicyclic) bond motifs is 1. The van der Waals surface area contributed by atoms with Crippen LogP contribution in [-0.2, 0) is 24.1 Å². The molecule has 0 spiro atoms. The highest BCUT2D eigenvalue weighted by Gasteiger charge is 2.10. The summed E-state index contributed by atoms with van der Waals surface area (Å²) in [4.78, 5) is 11.9. The standard InChI is InChI=1S/C22H27NO3/c1-25-20-11-8-17(9-12-20)5-4-14-23-22(24)16-26-21-13-10-18-6-2-3-7-19(18)15-21/h8-13,15H,2-7,14,16H2,1H3,(H,23,24). The molecule has 0 fully saturated rings. The predicted octanol–water partition coefficient (Wildman–Crippen LogP) is 3.70. The minimum absolute atomic E-state index is 0.0708. The molecule has 0 atom stereocenters. The van der Waals surface area contributed by atoms with E-state index in [0.717, 1.165) is 37.2 Å². The number of ether oxygens (including phenoxy) is 2. The number of amides is 1. The summed E-state index contributed by atoms with van der Waals surface area (Å²) in [5, 5.41) is 2.92. The first kappa shape index (κ1) is 18.3. The quantitative estimate of drug-likeness (QED) is 0.736. The van der Waals surface area contributed by atoms with Crippen molar-refractivity contribution < 1.29 is 14.3 Å². The number of carbonyl (C=O) groups is 1. The van der Waals surface area contributed by atoms with Crippen molar-refractivity contribution in [3.8, 4) is 11.5 Å². The Hall–Kier alpha value is -2.49. The monoisotopic (exact) mass is 353 g/mol. The van der Waals surface area contributed by atoms with Gasteiger partial charge in [0.2, 0.25) is 0 Å². The summed E-state index contributed by atoms with van der Waals surface area (Å²) in [5.41, 5.74) is 4.03. The molecule has 0 saturated heterocycles. The zero-order valence-corrected chi connectivity index (χ0v) is 15.4. The first-order valence-corrected chi connectivity index (χ1v) is 9.39. The molecule has 3 rings (SSSR count). The molecule has 0 bridgehead atoms. The third-order valence-electron chi connectivity index (χ3n) is 4.81. The van der Waals surface area contributed by atoms with Crippen LogP contribution in [0, 0.1) is 0 Å². The van der Waals surface area contributed by atoms with Crippen LogP contribution in [0.4, 0.5) is 0 Å². The lowest BCUT2D eigenvalue weighted by molar-refractivity contribution is -0.123. The van der Waals surface area contributed by atoms with Crippen molar-refractivity contribution in [2.45, 2.75) is 38.5 Å². The molecule has 2 aromatic rings. The fourth-order valence-corrected chi connectivity index (χ4v) is 3.31. The van der Waals surface area contributed by atoms with Gasteiger partial charge >= 0.3 is 0 Å². The third-order valence-corrected chi connectivity index (χ3v) is 4.81. The van der Waals surface area contributed by atoms with E-state index in [4.69, 9.17) is 9.47 Å². The minimum Gasteiger partial charge on any atom is -0.497 e. The first-order valence-electron chi connectivity index (χ1n) is 9.39. The number of methoxy groups -OCH3 is 1. The molecule has 0 aromatic heterocycles.